The van der Waals surface area contributed by atoms with Crippen molar-refractivity contribution in [3.05, 3.63) is 77.6 Å². The second-order valence-corrected chi connectivity index (χ2v) is 8.58. The Labute approximate surface area is 216 Å². The van der Waals surface area contributed by atoms with E-state index >= 15 is 0 Å². The topological polar surface area (TPSA) is 111 Å². The number of thiophene rings is 1. The molecule has 0 unspecified atom stereocenters. The van der Waals surface area contributed by atoms with Gasteiger partial charge in [-0.2, -0.15) is 5.10 Å². The minimum Gasteiger partial charge on any atom is -0.493 e. The van der Waals surface area contributed by atoms with Crippen LogP contribution in [0.5, 0.6) is 17.2 Å². The molecule has 3 aromatic heterocycles. The molecular weight excluding hydrogens is 496 g/mol. The highest BCUT2D eigenvalue weighted by molar-refractivity contribution is 7.13. The minimum atomic E-state index is -0.577. The first-order valence-electron chi connectivity index (χ1n) is 11.1. The molecule has 0 spiro atoms. The van der Waals surface area contributed by atoms with Gasteiger partial charge < -0.3 is 23.4 Å². The average Bonchev–Trinajstić information content (AvgIpc) is 3.72. The second-order valence-electron chi connectivity index (χ2n) is 7.63. The fourth-order valence-electron chi connectivity index (χ4n) is 3.67. The van der Waals surface area contributed by atoms with Crippen LogP contribution >= 0.6 is 11.3 Å². The van der Waals surface area contributed by atoms with Crippen LogP contribution in [0.25, 0.3) is 27.7 Å². The predicted octanol–water partition coefficient (Wildman–Crippen LogP) is 5.03. The first kappa shape index (κ1) is 24.1. The molecule has 5 aromatic rings. The summed E-state index contributed by atoms with van der Waals surface area (Å²) >= 11 is 1.54. The Bertz CT molecular complexity index is 1490. The lowest BCUT2D eigenvalue weighted by Crippen LogP contribution is -2.12. The van der Waals surface area contributed by atoms with E-state index in [1.165, 1.54) is 32.7 Å². The molecule has 3 heterocycles. The van der Waals surface area contributed by atoms with Crippen LogP contribution in [0.2, 0.25) is 0 Å². The molecule has 0 bridgehead atoms. The summed E-state index contributed by atoms with van der Waals surface area (Å²) in [4.78, 5) is 14.0. The molecule has 37 heavy (non-hydrogen) atoms. The highest BCUT2D eigenvalue weighted by atomic mass is 32.1. The smallest absolute Gasteiger partial charge is 0.357 e. The number of esters is 1. The zero-order chi connectivity index (χ0) is 25.8. The number of nitrogens with zero attached hydrogens (tertiary/aromatic N) is 4. The van der Waals surface area contributed by atoms with E-state index in [-0.39, 0.29) is 24.1 Å². The Balaban J connectivity index is 1.37. The van der Waals surface area contributed by atoms with Crippen molar-refractivity contribution in [1.29, 1.82) is 0 Å². The van der Waals surface area contributed by atoms with E-state index in [4.69, 9.17) is 23.4 Å². The van der Waals surface area contributed by atoms with Gasteiger partial charge in [0.2, 0.25) is 11.6 Å². The maximum atomic E-state index is 13.1. The van der Waals surface area contributed by atoms with Crippen molar-refractivity contribution < 1.29 is 28.2 Å². The zero-order valence-corrected chi connectivity index (χ0v) is 21.0. The lowest BCUT2D eigenvalue weighted by atomic mass is 10.2. The highest BCUT2D eigenvalue weighted by Gasteiger charge is 2.21. The molecule has 0 radical (unpaired) electrons. The van der Waals surface area contributed by atoms with Crippen LogP contribution in [-0.2, 0) is 11.3 Å². The Kier molecular flexibility index (Phi) is 6.86. The van der Waals surface area contributed by atoms with Crippen LogP contribution < -0.4 is 14.2 Å². The third-order valence-corrected chi connectivity index (χ3v) is 6.29. The molecule has 0 saturated carbocycles. The Morgan fingerprint density at radius 2 is 1.70 bits per heavy atom. The largest absolute Gasteiger partial charge is 0.493 e. The van der Waals surface area contributed by atoms with Gasteiger partial charge in [0.25, 0.3) is 5.89 Å². The molecule has 0 N–H and O–H groups in total. The Hall–Kier alpha value is -4.64. The molecule has 0 saturated heterocycles. The summed E-state index contributed by atoms with van der Waals surface area (Å²) < 4.78 is 28.9. The number of para-hydroxylation sites is 1. The van der Waals surface area contributed by atoms with Crippen LogP contribution in [0.3, 0.4) is 0 Å². The quantitative estimate of drug-likeness (QED) is 0.248. The van der Waals surface area contributed by atoms with Crippen LogP contribution in [-0.4, -0.2) is 47.3 Å². The fourth-order valence-corrected chi connectivity index (χ4v) is 4.35. The van der Waals surface area contributed by atoms with Crippen LogP contribution in [0.15, 0.2) is 70.5 Å². The molecule has 188 valence electrons. The summed E-state index contributed by atoms with van der Waals surface area (Å²) in [5.41, 5.74) is 2.24. The van der Waals surface area contributed by atoms with Gasteiger partial charge in [-0.1, -0.05) is 24.3 Å². The number of rotatable bonds is 9. The fraction of sp³-hybridized carbons (Fsp3) is 0.154. The number of carbonyl (C=O) groups excluding carboxylic acids is 1. The molecule has 0 amide bonds. The number of aromatic nitrogens is 4. The lowest BCUT2D eigenvalue weighted by molar-refractivity contribution is 0.0428. The van der Waals surface area contributed by atoms with E-state index < -0.39 is 5.97 Å². The Morgan fingerprint density at radius 3 is 2.35 bits per heavy atom. The maximum absolute atomic E-state index is 13.1. The second kappa shape index (κ2) is 10.5. The van der Waals surface area contributed by atoms with Gasteiger partial charge in [0.05, 0.1) is 31.9 Å². The normalized spacial score (nSPS) is 10.8. The average molecular weight is 519 g/mol. The third-order valence-electron chi connectivity index (χ3n) is 5.40. The van der Waals surface area contributed by atoms with Crippen molar-refractivity contribution in [3.63, 3.8) is 0 Å². The van der Waals surface area contributed by atoms with Crippen molar-refractivity contribution >= 4 is 17.3 Å². The van der Waals surface area contributed by atoms with Gasteiger partial charge in [-0.15, -0.1) is 21.5 Å². The number of hydrogen-bond acceptors (Lipinski definition) is 10. The summed E-state index contributed by atoms with van der Waals surface area (Å²) in [7, 11) is 4.56. The summed E-state index contributed by atoms with van der Waals surface area (Å²) in [6.07, 6.45) is 0. The summed E-state index contributed by atoms with van der Waals surface area (Å²) in [6, 6.07) is 18.3. The van der Waals surface area contributed by atoms with Gasteiger partial charge >= 0.3 is 5.97 Å². The third kappa shape index (κ3) is 4.89. The van der Waals surface area contributed by atoms with Crippen molar-refractivity contribution in [1.82, 2.24) is 20.0 Å². The Morgan fingerprint density at radius 1 is 0.946 bits per heavy atom. The van der Waals surface area contributed by atoms with E-state index in [2.05, 4.69) is 15.3 Å². The maximum Gasteiger partial charge on any atom is 0.357 e. The van der Waals surface area contributed by atoms with Crippen molar-refractivity contribution in [3.8, 4) is 45.0 Å². The molecule has 5 rings (SSSR count). The van der Waals surface area contributed by atoms with Gasteiger partial charge in [-0.05, 0) is 35.7 Å². The molecule has 0 aliphatic heterocycles. The van der Waals surface area contributed by atoms with E-state index in [1.807, 2.05) is 47.8 Å². The first-order chi connectivity index (χ1) is 18.1. The van der Waals surface area contributed by atoms with Gasteiger partial charge in [0, 0.05) is 11.6 Å². The van der Waals surface area contributed by atoms with Crippen molar-refractivity contribution in [2.75, 3.05) is 21.3 Å². The molecule has 0 atom stereocenters. The minimum absolute atomic E-state index is 0.126. The van der Waals surface area contributed by atoms with Crippen LogP contribution in [0, 0.1) is 0 Å². The number of methoxy groups -OCH3 is 3. The number of carbonyl (C=O) groups is 1. The van der Waals surface area contributed by atoms with Crippen LogP contribution in [0.4, 0.5) is 0 Å². The van der Waals surface area contributed by atoms with Gasteiger partial charge in [0.15, 0.2) is 23.8 Å². The predicted molar refractivity (Wildman–Crippen MR) is 135 cm³/mol. The highest BCUT2D eigenvalue weighted by Crippen LogP contribution is 2.40. The number of benzene rings is 2. The zero-order valence-electron chi connectivity index (χ0n) is 20.2. The van der Waals surface area contributed by atoms with Gasteiger partial charge in [-0.25, -0.2) is 9.48 Å². The number of ether oxygens (including phenoxy) is 4. The van der Waals surface area contributed by atoms with Gasteiger partial charge in [0.1, 0.15) is 5.69 Å². The van der Waals surface area contributed by atoms with E-state index in [1.54, 1.807) is 22.9 Å². The van der Waals surface area contributed by atoms with Crippen molar-refractivity contribution in [2.24, 2.45) is 0 Å². The van der Waals surface area contributed by atoms with Gasteiger partial charge in [-0.3, -0.25) is 0 Å². The molecule has 0 aliphatic carbocycles. The van der Waals surface area contributed by atoms with E-state index in [9.17, 15) is 4.79 Å². The SMILES string of the molecule is COc1cc(-c2nnc(COC(=O)c3cc(-c4cccs4)nn3-c3ccccc3)o2)cc(OC)c1OC. The summed E-state index contributed by atoms with van der Waals surface area (Å²) in [5.74, 6) is 1.09. The molecule has 11 heteroatoms. The van der Waals surface area contributed by atoms with Crippen LogP contribution in [0.1, 0.15) is 16.4 Å². The standard InChI is InChI=1S/C26H22N4O6S/c1-32-20-12-16(13-21(33-2)24(20)34-3)25-28-27-23(36-25)15-35-26(31)19-14-18(22-10-7-11-37-22)29-30(19)17-8-5-4-6-9-17/h4-14H,15H2,1-3H3. The number of hydrogen-bond donors (Lipinski definition) is 0. The molecular formula is C26H22N4O6S. The first-order valence-corrected chi connectivity index (χ1v) is 12.0. The summed E-state index contributed by atoms with van der Waals surface area (Å²) in [6.45, 7) is -0.218. The van der Waals surface area contributed by atoms with E-state index in [0.717, 1.165) is 10.6 Å². The lowest BCUT2D eigenvalue weighted by Gasteiger charge is -2.12. The molecule has 2 aromatic carbocycles. The van der Waals surface area contributed by atoms with E-state index in [0.29, 0.717) is 28.5 Å². The molecule has 10 nitrogen and oxygen atoms in total. The summed E-state index contributed by atoms with van der Waals surface area (Å²) in [5, 5.41) is 14.7. The molecule has 0 aliphatic rings. The molecule has 0 fully saturated rings. The van der Waals surface area contributed by atoms with Crippen molar-refractivity contribution in [2.45, 2.75) is 6.61 Å². The monoisotopic (exact) mass is 518 g/mol.